The first-order chi connectivity index (χ1) is 14.3. The van der Waals surface area contributed by atoms with Gasteiger partial charge in [0.15, 0.2) is 0 Å². The maximum absolute atomic E-state index is 12.9. The van der Waals surface area contributed by atoms with Crippen molar-refractivity contribution in [1.82, 2.24) is 0 Å². The predicted molar refractivity (Wildman–Crippen MR) is 113 cm³/mol. The van der Waals surface area contributed by atoms with Crippen molar-refractivity contribution in [2.75, 3.05) is 6.61 Å². The second-order valence-electron chi connectivity index (χ2n) is 10.3. The lowest BCUT2D eigenvalue weighted by Gasteiger charge is -2.65. The second kappa shape index (κ2) is 6.77. The predicted octanol–water partition coefficient (Wildman–Crippen LogP) is 3.60. The summed E-state index contributed by atoms with van der Waals surface area (Å²) < 4.78 is 5.60. The lowest BCUT2D eigenvalue weighted by atomic mass is 9.43. The smallest absolute Gasteiger partial charge is 0.342 e. The number of carbonyl (C=O) groups is 1. The van der Waals surface area contributed by atoms with E-state index in [0.717, 1.165) is 18.9 Å². The van der Waals surface area contributed by atoms with E-state index in [1.165, 1.54) is 6.92 Å². The van der Waals surface area contributed by atoms with Crippen molar-refractivity contribution in [2.45, 2.75) is 58.7 Å². The maximum atomic E-state index is 12.9. The number of phenolic OH excluding ortho intramolecular Hbond substituents is 2. The zero-order chi connectivity index (χ0) is 23.1. The van der Waals surface area contributed by atoms with E-state index in [2.05, 4.69) is 13.8 Å². The van der Waals surface area contributed by atoms with Crippen molar-refractivity contribution in [3.05, 3.63) is 33.5 Å². The molecule has 0 radical (unpaired) electrons. The monoisotopic (exact) mass is 452 g/mol. The van der Waals surface area contributed by atoms with Gasteiger partial charge in [0.05, 0.1) is 11.6 Å². The topological polar surface area (TPSA) is 127 Å². The molecule has 8 heteroatoms. The number of benzene rings is 1. The normalized spacial score (nSPS) is 35.9. The van der Waals surface area contributed by atoms with E-state index >= 15 is 0 Å². The Kier molecular flexibility index (Phi) is 4.86. The molecule has 0 amide bonds. The zero-order valence-corrected chi connectivity index (χ0v) is 18.8. The van der Waals surface area contributed by atoms with Crippen LogP contribution in [0.1, 0.15) is 56.0 Å². The van der Waals surface area contributed by atoms with E-state index in [1.807, 2.05) is 6.92 Å². The fourth-order valence-electron chi connectivity index (χ4n) is 6.37. The highest BCUT2D eigenvalue weighted by atomic mass is 35.5. The molecule has 4 rings (SSSR count). The van der Waals surface area contributed by atoms with Crippen LogP contribution >= 0.6 is 11.6 Å². The highest BCUT2D eigenvalue weighted by Crippen LogP contribution is 2.70. The van der Waals surface area contributed by atoms with Crippen LogP contribution in [0.25, 0.3) is 0 Å². The summed E-state index contributed by atoms with van der Waals surface area (Å²) in [7, 11) is 0. The van der Waals surface area contributed by atoms with Crippen molar-refractivity contribution in [3.63, 3.8) is 0 Å². The number of ether oxygens (including phenoxy) is 1. The van der Waals surface area contributed by atoms with Crippen LogP contribution in [0.5, 0.6) is 11.5 Å². The van der Waals surface area contributed by atoms with E-state index in [-0.39, 0.29) is 50.5 Å². The number of allylic oxidation sites excluding steroid dienone is 1. The van der Waals surface area contributed by atoms with Gasteiger partial charge in [-0.1, -0.05) is 32.4 Å². The third kappa shape index (κ3) is 2.82. The van der Waals surface area contributed by atoms with Gasteiger partial charge < -0.3 is 30.3 Å². The largest absolute Gasteiger partial charge is 0.512 e. The number of carbonyl (C=O) groups excluding carboxylic acids is 1. The van der Waals surface area contributed by atoms with Crippen LogP contribution in [0.4, 0.5) is 0 Å². The molecule has 0 saturated heterocycles. The van der Waals surface area contributed by atoms with E-state index in [4.69, 9.17) is 16.3 Å². The number of aromatic hydroxyl groups is 2. The summed E-state index contributed by atoms with van der Waals surface area (Å²) in [6, 6.07) is 0.961. The van der Waals surface area contributed by atoms with Gasteiger partial charge >= 0.3 is 5.97 Å². The van der Waals surface area contributed by atoms with Crippen molar-refractivity contribution < 1.29 is 35.1 Å². The van der Waals surface area contributed by atoms with Gasteiger partial charge in [0, 0.05) is 23.0 Å². The average Bonchev–Trinajstić information content (AvgIpc) is 3.01. The Balaban J connectivity index is 1.70. The molecule has 2 saturated carbocycles. The van der Waals surface area contributed by atoms with Gasteiger partial charge in [-0.2, -0.15) is 0 Å². The van der Waals surface area contributed by atoms with Crippen molar-refractivity contribution >= 4 is 17.6 Å². The summed E-state index contributed by atoms with van der Waals surface area (Å²) in [4.78, 5) is 12.9. The Bertz CT molecular complexity index is 1000. The Hall–Kier alpha value is -1.96. The fraction of sp³-hybridized carbons (Fsp3) is 0.609. The Morgan fingerprint density at radius 3 is 2.42 bits per heavy atom. The molecule has 170 valence electrons. The SMILES string of the molecule is Cc1c(Cl)c(O)cc(O)c1C(=O)O[C@@H]1C[C@]2(C)[C@H]3CC(C)(C)C[C@H]3C(O)=C(CO)[C@]12O. The standard InChI is InChI=1S/C23H29ClO7/c1-10-17(14(26)5-15(27)18(10)24)20(29)31-16-8-22(4)12-7-21(2,3)6-11(12)19(28)13(9-25)23(16,22)30/h5,11-12,16,25-28,30H,6-9H2,1-4H3/t11-,12+,16-,22-,23+/m1/s1. The average molecular weight is 453 g/mol. The zero-order valence-electron chi connectivity index (χ0n) is 18.1. The summed E-state index contributed by atoms with van der Waals surface area (Å²) in [6.45, 7) is 7.07. The van der Waals surface area contributed by atoms with Crippen LogP contribution in [-0.2, 0) is 4.74 Å². The Labute approximate surface area is 185 Å². The summed E-state index contributed by atoms with van der Waals surface area (Å²) in [6.07, 6.45) is 0.898. The number of phenols is 2. The minimum absolute atomic E-state index is 0.00879. The molecule has 0 bridgehead atoms. The quantitative estimate of drug-likeness (QED) is 0.443. The number of hydrogen-bond donors (Lipinski definition) is 5. The summed E-state index contributed by atoms with van der Waals surface area (Å²) in [5.41, 5.74) is -2.36. The number of halogens is 1. The lowest BCUT2D eigenvalue weighted by molar-refractivity contribution is -0.254. The molecule has 0 aromatic heterocycles. The summed E-state index contributed by atoms with van der Waals surface area (Å²) >= 11 is 6.00. The summed E-state index contributed by atoms with van der Waals surface area (Å²) in [5, 5.41) is 52.5. The van der Waals surface area contributed by atoms with Gasteiger partial charge in [-0.15, -0.1) is 0 Å². The van der Waals surface area contributed by atoms with Gasteiger partial charge in [0.2, 0.25) is 0 Å². The van der Waals surface area contributed by atoms with Gasteiger partial charge in [-0.25, -0.2) is 4.79 Å². The molecule has 7 nitrogen and oxygen atoms in total. The number of aliphatic hydroxyl groups excluding tert-OH is 2. The Morgan fingerprint density at radius 1 is 1.16 bits per heavy atom. The molecule has 2 fully saturated rings. The molecule has 5 atom stereocenters. The first-order valence-electron chi connectivity index (χ1n) is 10.5. The molecular weight excluding hydrogens is 424 g/mol. The van der Waals surface area contributed by atoms with Crippen molar-refractivity contribution in [1.29, 1.82) is 0 Å². The van der Waals surface area contributed by atoms with Gasteiger partial charge in [0.1, 0.15) is 34.5 Å². The van der Waals surface area contributed by atoms with Gasteiger partial charge in [0.25, 0.3) is 0 Å². The van der Waals surface area contributed by atoms with E-state index in [9.17, 15) is 30.3 Å². The van der Waals surface area contributed by atoms with Crippen molar-refractivity contribution in [2.24, 2.45) is 22.7 Å². The number of rotatable bonds is 3. The molecule has 3 aliphatic carbocycles. The van der Waals surface area contributed by atoms with E-state index in [0.29, 0.717) is 6.42 Å². The minimum Gasteiger partial charge on any atom is -0.512 e. The molecule has 0 aliphatic heterocycles. The van der Waals surface area contributed by atoms with Gasteiger partial charge in [-0.05, 0) is 43.1 Å². The Morgan fingerprint density at radius 2 is 1.81 bits per heavy atom. The molecule has 31 heavy (non-hydrogen) atoms. The van der Waals surface area contributed by atoms with Crippen LogP contribution < -0.4 is 0 Å². The molecule has 0 heterocycles. The molecule has 5 N–H and O–H groups in total. The van der Waals surface area contributed by atoms with Gasteiger partial charge in [-0.3, -0.25) is 0 Å². The lowest BCUT2D eigenvalue weighted by Crippen LogP contribution is -2.73. The minimum atomic E-state index is -1.71. The highest BCUT2D eigenvalue weighted by Gasteiger charge is 2.74. The van der Waals surface area contributed by atoms with E-state index < -0.39 is 35.4 Å². The summed E-state index contributed by atoms with van der Waals surface area (Å²) in [5.74, 6) is -1.92. The molecule has 0 unspecified atom stereocenters. The highest BCUT2D eigenvalue weighted by molar-refractivity contribution is 6.33. The molecule has 0 spiro atoms. The molecule has 1 aromatic rings. The van der Waals surface area contributed by atoms with Crippen LogP contribution in [0.3, 0.4) is 0 Å². The maximum Gasteiger partial charge on any atom is 0.342 e. The van der Waals surface area contributed by atoms with Crippen LogP contribution in [-0.4, -0.2) is 49.8 Å². The fourth-order valence-corrected chi connectivity index (χ4v) is 6.51. The number of aliphatic hydroxyl groups is 3. The third-order valence-corrected chi connectivity index (χ3v) is 8.46. The molecule has 1 aromatic carbocycles. The van der Waals surface area contributed by atoms with Crippen LogP contribution in [0.2, 0.25) is 5.02 Å². The first-order valence-corrected chi connectivity index (χ1v) is 10.8. The molecular formula is C23H29ClO7. The molecule has 3 aliphatic rings. The number of hydrogen-bond acceptors (Lipinski definition) is 7. The second-order valence-corrected chi connectivity index (χ2v) is 10.7. The first kappa shape index (κ1) is 22.2. The number of fused-ring (bicyclic) bond motifs is 3. The number of esters is 1. The van der Waals surface area contributed by atoms with Crippen LogP contribution in [0.15, 0.2) is 17.4 Å². The third-order valence-electron chi connectivity index (χ3n) is 7.99. The van der Waals surface area contributed by atoms with Crippen LogP contribution in [0, 0.1) is 29.6 Å². The van der Waals surface area contributed by atoms with Crippen molar-refractivity contribution in [3.8, 4) is 11.5 Å². The van der Waals surface area contributed by atoms with E-state index in [1.54, 1.807) is 0 Å².